The maximum Gasteiger partial charge on any atom is 0.268 e. The molecule has 2 heterocycles. The van der Waals surface area contributed by atoms with Gasteiger partial charge in [-0.1, -0.05) is 50.2 Å². The molecular formula is C27H32N4O5S. The van der Waals surface area contributed by atoms with Crippen LogP contribution in [0.3, 0.4) is 0 Å². The Balaban J connectivity index is 1.44. The lowest BCUT2D eigenvalue weighted by Gasteiger charge is -2.23. The van der Waals surface area contributed by atoms with Crippen LogP contribution in [0.15, 0.2) is 65.6 Å². The number of hydrogen-bond acceptors (Lipinski definition) is 5. The third kappa shape index (κ3) is 6.26. The van der Waals surface area contributed by atoms with E-state index in [1.54, 1.807) is 24.3 Å². The molecule has 4 rings (SSSR count). The van der Waals surface area contributed by atoms with Gasteiger partial charge in [-0.15, -0.1) is 0 Å². The van der Waals surface area contributed by atoms with Crippen molar-refractivity contribution in [2.75, 3.05) is 13.1 Å². The van der Waals surface area contributed by atoms with Crippen LogP contribution < -0.4 is 10.6 Å². The van der Waals surface area contributed by atoms with Crippen molar-refractivity contribution < 1.29 is 22.8 Å². The van der Waals surface area contributed by atoms with Crippen molar-refractivity contribution in [1.82, 2.24) is 19.9 Å². The Kier molecular flexibility index (Phi) is 8.09. The molecule has 1 aromatic heterocycles. The van der Waals surface area contributed by atoms with Gasteiger partial charge < -0.3 is 15.6 Å². The zero-order valence-electron chi connectivity index (χ0n) is 20.9. The number of ketones is 1. The monoisotopic (exact) mass is 524 g/mol. The molecule has 1 aliphatic rings. The number of sulfonamides is 1. The largest absolute Gasteiger partial charge is 0.351 e. The number of rotatable bonds is 8. The highest BCUT2D eigenvalue weighted by Crippen LogP contribution is 2.20. The summed E-state index contributed by atoms with van der Waals surface area (Å²) in [6.07, 6.45) is 1.11. The number of H-pyrrole nitrogens is 1. The Morgan fingerprint density at radius 2 is 1.78 bits per heavy atom. The molecule has 0 saturated carbocycles. The van der Waals surface area contributed by atoms with E-state index in [0.29, 0.717) is 25.0 Å². The van der Waals surface area contributed by atoms with Gasteiger partial charge in [-0.25, -0.2) is 8.42 Å². The van der Waals surface area contributed by atoms with Crippen LogP contribution >= 0.6 is 0 Å². The van der Waals surface area contributed by atoms with Gasteiger partial charge in [0.25, 0.3) is 5.91 Å². The molecule has 0 aliphatic carbocycles. The van der Waals surface area contributed by atoms with E-state index in [2.05, 4.69) is 15.6 Å². The molecule has 2 aromatic carbocycles. The second-order valence-electron chi connectivity index (χ2n) is 9.75. The smallest absolute Gasteiger partial charge is 0.268 e. The summed E-state index contributed by atoms with van der Waals surface area (Å²) in [6, 6.07) is 15.5. The lowest BCUT2D eigenvalue weighted by atomic mass is 10.0. The first kappa shape index (κ1) is 26.6. The lowest BCUT2D eigenvalue weighted by Crippen LogP contribution is -2.52. The Morgan fingerprint density at radius 3 is 2.49 bits per heavy atom. The minimum Gasteiger partial charge on any atom is -0.351 e. The van der Waals surface area contributed by atoms with E-state index >= 15 is 0 Å². The van der Waals surface area contributed by atoms with Crippen molar-refractivity contribution in [1.29, 1.82) is 0 Å². The zero-order valence-corrected chi connectivity index (χ0v) is 21.8. The van der Waals surface area contributed by atoms with Crippen molar-refractivity contribution in [2.45, 2.75) is 50.1 Å². The predicted octanol–water partition coefficient (Wildman–Crippen LogP) is 2.85. The number of aromatic amines is 1. The molecular weight excluding hydrogens is 492 g/mol. The van der Waals surface area contributed by atoms with Crippen LogP contribution in [0.5, 0.6) is 0 Å². The topological polar surface area (TPSA) is 128 Å². The van der Waals surface area contributed by atoms with Crippen LogP contribution in [0.2, 0.25) is 0 Å². The number of carbonyl (C=O) groups is 3. The second-order valence-corrected chi connectivity index (χ2v) is 11.7. The van der Waals surface area contributed by atoms with E-state index in [1.165, 1.54) is 16.4 Å². The van der Waals surface area contributed by atoms with E-state index < -0.39 is 33.9 Å². The zero-order chi connectivity index (χ0) is 26.6. The molecule has 1 saturated heterocycles. The number of Topliss-reactive ketones (excluding diaryl/α,β-unsaturated/α-hetero) is 1. The number of aromatic nitrogens is 1. The first-order chi connectivity index (χ1) is 17.6. The van der Waals surface area contributed by atoms with Crippen LogP contribution in [0.25, 0.3) is 10.9 Å². The van der Waals surface area contributed by atoms with Gasteiger partial charge in [0.05, 0.1) is 17.5 Å². The standard InChI is InChI=1S/C27H32N4O5S/c1-18(2)15-23(30-27(34)24-16-19-9-6-7-12-21(19)28-24)26(33)29-22-13-8-14-31(17-25(22)32)37(35,36)20-10-4-3-5-11-20/h3-7,9-12,16,18,22-23,28H,8,13-15,17H2,1-2H3,(H,29,33)(H,30,34)/t22-,23?/m0/s1. The molecule has 1 aliphatic heterocycles. The van der Waals surface area contributed by atoms with Gasteiger partial charge in [-0.3, -0.25) is 14.4 Å². The molecule has 10 heteroatoms. The van der Waals surface area contributed by atoms with Crippen LogP contribution in [0, 0.1) is 5.92 Å². The quantitative estimate of drug-likeness (QED) is 0.417. The minimum absolute atomic E-state index is 0.107. The van der Waals surface area contributed by atoms with E-state index in [1.807, 2.05) is 38.1 Å². The van der Waals surface area contributed by atoms with Gasteiger partial charge >= 0.3 is 0 Å². The van der Waals surface area contributed by atoms with Gasteiger partial charge in [0.15, 0.2) is 5.78 Å². The molecule has 1 unspecified atom stereocenters. The summed E-state index contributed by atoms with van der Waals surface area (Å²) in [6.45, 7) is 3.75. The normalized spacial score (nSPS) is 17.9. The first-order valence-electron chi connectivity index (χ1n) is 12.4. The lowest BCUT2D eigenvalue weighted by molar-refractivity contribution is -0.129. The maximum absolute atomic E-state index is 13.2. The van der Waals surface area contributed by atoms with E-state index in [4.69, 9.17) is 0 Å². The highest BCUT2D eigenvalue weighted by molar-refractivity contribution is 7.89. The van der Waals surface area contributed by atoms with Crippen molar-refractivity contribution in [2.24, 2.45) is 5.92 Å². The summed E-state index contributed by atoms with van der Waals surface area (Å²) >= 11 is 0. The Bertz CT molecular complexity index is 1350. The predicted molar refractivity (Wildman–Crippen MR) is 140 cm³/mol. The summed E-state index contributed by atoms with van der Waals surface area (Å²) in [5.41, 5.74) is 1.16. The Morgan fingerprint density at radius 1 is 1.08 bits per heavy atom. The van der Waals surface area contributed by atoms with Crippen molar-refractivity contribution >= 4 is 38.5 Å². The average Bonchev–Trinajstić information content (AvgIpc) is 3.23. The molecule has 1 fully saturated rings. The molecule has 196 valence electrons. The Hall–Kier alpha value is -3.50. The fourth-order valence-corrected chi connectivity index (χ4v) is 5.97. The number of nitrogens with zero attached hydrogens (tertiary/aromatic N) is 1. The third-order valence-electron chi connectivity index (χ3n) is 6.42. The molecule has 3 N–H and O–H groups in total. The van der Waals surface area contributed by atoms with Gasteiger partial charge in [0.2, 0.25) is 15.9 Å². The van der Waals surface area contributed by atoms with Crippen LogP contribution in [0.4, 0.5) is 0 Å². The van der Waals surface area contributed by atoms with E-state index in [-0.39, 0.29) is 29.7 Å². The third-order valence-corrected chi connectivity index (χ3v) is 8.28. The Labute approximate surface area is 216 Å². The van der Waals surface area contributed by atoms with E-state index in [9.17, 15) is 22.8 Å². The number of para-hydroxylation sites is 1. The number of nitrogens with one attached hydrogen (secondary N) is 3. The molecule has 2 amide bonds. The molecule has 0 spiro atoms. The van der Waals surface area contributed by atoms with Crippen molar-refractivity contribution in [3.8, 4) is 0 Å². The number of fused-ring (bicyclic) bond motifs is 1. The molecule has 9 nitrogen and oxygen atoms in total. The summed E-state index contributed by atoms with van der Waals surface area (Å²) in [5, 5.41) is 6.46. The van der Waals surface area contributed by atoms with Gasteiger partial charge in [0.1, 0.15) is 11.7 Å². The maximum atomic E-state index is 13.2. The van der Waals surface area contributed by atoms with Crippen LogP contribution in [0.1, 0.15) is 43.6 Å². The van der Waals surface area contributed by atoms with E-state index in [0.717, 1.165) is 10.9 Å². The van der Waals surface area contributed by atoms with Crippen molar-refractivity contribution in [3.63, 3.8) is 0 Å². The number of amides is 2. The highest BCUT2D eigenvalue weighted by Gasteiger charge is 2.34. The SMILES string of the molecule is CC(C)CC(NC(=O)c1cc2ccccc2[nH]1)C(=O)N[C@H]1CCCN(S(=O)(=O)c2ccccc2)CC1=O. The average molecular weight is 525 g/mol. The fraction of sp³-hybridized carbons (Fsp3) is 0.370. The second kappa shape index (κ2) is 11.3. The first-order valence-corrected chi connectivity index (χ1v) is 13.9. The van der Waals surface area contributed by atoms with Gasteiger partial charge in [0, 0.05) is 17.4 Å². The highest BCUT2D eigenvalue weighted by atomic mass is 32.2. The number of hydrogen-bond donors (Lipinski definition) is 3. The molecule has 37 heavy (non-hydrogen) atoms. The summed E-state index contributed by atoms with van der Waals surface area (Å²) in [4.78, 5) is 42.4. The summed E-state index contributed by atoms with van der Waals surface area (Å²) in [7, 11) is -3.82. The van der Waals surface area contributed by atoms with Crippen LogP contribution in [-0.2, 0) is 19.6 Å². The molecule has 3 aromatic rings. The summed E-state index contributed by atoms with van der Waals surface area (Å²) in [5.74, 6) is -1.15. The summed E-state index contributed by atoms with van der Waals surface area (Å²) < 4.78 is 27.2. The van der Waals surface area contributed by atoms with Crippen molar-refractivity contribution in [3.05, 3.63) is 66.4 Å². The molecule has 0 bridgehead atoms. The van der Waals surface area contributed by atoms with Gasteiger partial charge in [-0.05, 0) is 49.4 Å². The minimum atomic E-state index is -3.82. The number of carbonyl (C=O) groups excluding carboxylic acids is 3. The fourth-order valence-electron chi connectivity index (χ4n) is 4.50. The number of benzene rings is 2. The molecule has 0 radical (unpaired) electrons. The molecule has 2 atom stereocenters. The van der Waals surface area contributed by atoms with Crippen LogP contribution in [-0.4, -0.2) is 60.5 Å². The van der Waals surface area contributed by atoms with Gasteiger partial charge in [-0.2, -0.15) is 4.31 Å².